The summed E-state index contributed by atoms with van der Waals surface area (Å²) < 4.78 is 34.7. The number of anilines is 1. The summed E-state index contributed by atoms with van der Waals surface area (Å²) in [5.41, 5.74) is 1.04. The van der Waals surface area contributed by atoms with Crippen LogP contribution < -0.4 is 14.4 Å². The van der Waals surface area contributed by atoms with Crippen LogP contribution in [-0.4, -0.2) is 45.6 Å². The largest absolute Gasteiger partial charge is 0.493 e. The summed E-state index contributed by atoms with van der Waals surface area (Å²) in [6.07, 6.45) is 0.392. The van der Waals surface area contributed by atoms with Gasteiger partial charge < -0.3 is 14.4 Å². The van der Waals surface area contributed by atoms with E-state index in [0.717, 1.165) is 0 Å². The molecule has 0 radical (unpaired) electrons. The number of nitriles is 1. The van der Waals surface area contributed by atoms with Crippen LogP contribution in [0.25, 0.3) is 0 Å². The second kappa shape index (κ2) is 8.31. The van der Waals surface area contributed by atoms with E-state index in [4.69, 9.17) is 14.7 Å². The molecule has 2 aromatic rings. The van der Waals surface area contributed by atoms with E-state index in [9.17, 15) is 13.2 Å². The molecule has 0 saturated carbocycles. The highest BCUT2D eigenvalue weighted by atomic mass is 32.2. The number of hydrogen-bond acceptors (Lipinski definition) is 6. The van der Waals surface area contributed by atoms with Crippen molar-refractivity contribution >= 4 is 21.4 Å². The number of hydrogen-bond donors (Lipinski definition) is 0. The molecule has 3 rings (SSSR count). The third-order valence-electron chi connectivity index (χ3n) is 4.52. The molecule has 1 aliphatic rings. The predicted molar refractivity (Wildman–Crippen MR) is 104 cm³/mol. The Bertz CT molecular complexity index is 999. The molecule has 1 heterocycles. The number of carbonyl (C=O) groups is 1. The number of nitrogens with zero attached hydrogens (tertiary/aromatic N) is 2. The minimum Gasteiger partial charge on any atom is -0.493 e. The molecule has 0 bridgehead atoms. The fraction of sp³-hybridized carbons (Fsp3) is 0.300. The van der Waals surface area contributed by atoms with E-state index in [-0.39, 0.29) is 24.0 Å². The molecule has 2 aromatic carbocycles. The highest BCUT2D eigenvalue weighted by Gasteiger charge is 2.35. The lowest BCUT2D eigenvalue weighted by Gasteiger charge is -2.28. The third kappa shape index (κ3) is 4.43. The van der Waals surface area contributed by atoms with E-state index >= 15 is 0 Å². The van der Waals surface area contributed by atoms with Crippen molar-refractivity contribution in [2.24, 2.45) is 0 Å². The first-order valence-corrected chi connectivity index (χ1v) is 10.5. The molecule has 0 unspecified atom stereocenters. The van der Waals surface area contributed by atoms with E-state index in [1.54, 1.807) is 36.4 Å². The van der Waals surface area contributed by atoms with Gasteiger partial charge >= 0.3 is 0 Å². The van der Waals surface area contributed by atoms with Crippen LogP contribution in [0.2, 0.25) is 0 Å². The SMILES string of the molecule is COc1cc(C#N)ccc1OCC(=O)N(c1ccccc1)[C@H]1CCS(=O)(=O)C1. The smallest absolute Gasteiger partial charge is 0.265 e. The monoisotopic (exact) mass is 400 g/mol. The zero-order chi connectivity index (χ0) is 20.1. The van der Waals surface area contributed by atoms with Crippen molar-refractivity contribution in [1.82, 2.24) is 0 Å². The number of benzene rings is 2. The van der Waals surface area contributed by atoms with Crippen LogP contribution in [-0.2, 0) is 14.6 Å². The quantitative estimate of drug-likeness (QED) is 0.737. The summed E-state index contributed by atoms with van der Waals surface area (Å²) >= 11 is 0. The van der Waals surface area contributed by atoms with Crippen molar-refractivity contribution in [3.05, 3.63) is 54.1 Å². The Kier molecular flexibility index (Phi) is 5.85. The summed E-state index contributed by atoms with van der Waals surface area (Å²) in [6, 6.07) is 15.2. The van der Waals surface area contributed by atoms with Crippen LogP contribution >= 0.6 is 0 Å². The molecule has 0 aromatic heterocycles. The van der Waals surface area contributed by atoms with Crippen molar-refractivity contribution in [1.29, 1.82) is 5.26 Å². The van der Waals surface area contributed by atoms with Gasteiger partial charge in [0.15, 0.2) is 27.9 Å². The second-order valence-corrected chi connectivity index (χ2v) is 8.65. The maximum absolute atomic E-state index is 13.0. The lowest BCUT2D eigenvalue weighted by Crippen LogP contribution is -2.43. The Balaban J connectivity index is 1.80. The highest BCUT2D eigenvalue weighted by molar-refractivity contribution is 7.91. The van der Waals surface area contributed by atoms with Gasteiger partial charge in [-0.3, -0.25) is 4.79 Å². The average Bonchev–Trinajstić information content (AvgIpc) is 3.06. The molecule has 1 atom stereocenters. The Morgan fingerprint density at radius 1 is 1.21 bits per heavy atom. The lowest BCUT2D eigenvalue weighted by molar-refractivity contribution is -0.121. The summed E-state index contributed by atoms with van der Waals surface area (Å²) in [5, 5.41) is 8.97. The summed E-state index contributed by atoms with van der Waals surface area (Å²) in [6.45, 7) is -0.284. The normalized spacial score (nSPS) is 17.5. The molecule has 0 N–H and O–H groups in total. The molecule has 0 spiro atoms. The zero-order valence-corrected chi connectivity index (χ0v) is 16.2. The van der Waals surface area contributed by atoms with Crippen LogP contribution in [0.5, 0.6) is 11.5 Å². The van der Waals surface area contributed by atoms with Crippen molar-refractivity contribution in [2.75, 3.05) is 30.1 Å². The van der Waals surface area contributed by atoms with Crippen molar-refractivity contribution in [3.63, 3.8) is 0 Å². The Hall–Kier alpha value is -3.05. The number of sulfone groups is 1. The Morgan fingerprint density at radius 2 is 1.96 bits per heavy atom. The number of carbonyl (C=O) groups excluding carboxylic acids is 1. The number of rotatable bonds is 6. The van der Waals surface area contributed by atoms with Gasteiger partial charge in [0.1, 0.15) is 0 Å². The first kappa shape index (κ1) is 19.7. The molecule has 7 nitrogen and oxygen atoms in total. The molecular weight excluding hydrogens is 380 g/mol. The predicted octanol–water partition coefficient (Wildman–Crippen LogP) is 2.17. The molecule has 1 amide bonds. The molecule has 1 fully saturated rings. The molecule has 28 heavy (non-hydrogen) atoms. The van der Waals surface area contributed by atoms with Gasteiger partial charge in [-0.15, -0.1) is 0 Å². The molecule has 8 heteroatoms. The lowest BCUT2D eigenvalue weighted by atomic mass is 10.2. The number of amides is 1. The Morgan fingerprint density at radius 3 is 2.57 bits per heavy atom. The number of methoxy groups -OCH3 is 1. The van der Waals surface area contributed by atoms with E-state index in [0.29, 0.717) is 29.2 Å². The van der Waals surface area contributed by atoms with Crippen LogP contribution in [0, 0.1) is 11.3 Å². The van der Waals surface area contributed by atoms with Crippen molar-refractivity contribution in [3.8, 4) is 17.6 Å². The molecule has 146 valence electrons. The van der Waals surface area contributed by atoms with E-state index in [1.807, 2.05) is 12.1 Å². The van der Waals surface area contributed by atoms with Crippen LogP contribution in [0.1, 0.15) is 12.0 Å². The van der Waals surface area contributed by atoms with Crippen molar-refractivity contribution in [2.45, 2.75) is 12.5 Å². The highest BCUT2D eigenvalue weighted by Crippen LogP contribution is 2.29. The number of para-hydroxylation sites is 1. The van der Waals surface area contributed by atoms with Crippen molar-refractivity contribution < 1.29 is 22.7 Å². The van der Waals surface area contributed by atoms with E-state index in [2.05, 4.69) is 0 Å². The topological polar surface area (TPSA) is 96.7 Å². The molecule has 0 aliphatic carbocycles. The minimum atomic E-state index is -3.15. The number of ether oxygens (including phenoxy) is 2. The van der Waals surface area contributed by atoms with E-state index in [1.165, 1.54) is 18.1 Å². The first-order valence-electron chi connectivity index (χ1n) is 8.72. The summed E-state index contributed by atoms with van der Waals surface area (Å²) in [5.74, 6) is 0.343. The van der Waals surface area contributed by atoms with Gasteiger partial charge in [0, 0.05) is 11.8 Å². The summed E-state index contributed by atoms with van der Waals surface area (Å²) in [4.78, 5) is 14.5. The second-order valence-electron chi connectivity index (χ2n) is 6.42. The van der Waals surface area contributed by atoms with Gasteiger partial charge in [0.25, 0.3) is 5.91 Å². The zero-order valence-electron chi connectivity index (χ0n) is 15.4. The maximum atomic E-state index is 13.0. The van der Waals surface area contributed by atoms with Gasteiger partial charge in [-0.05, 0) is 30.7 Å². The Labute approximate surface area is 164 Å². The fourth-order valence-electron chi connectivity index (χ4n) is 3.19. The molecular formula is C20H20N2O5S. The van der Waals surface area contributed by atoms with Gasteiger partial charge in [-0.2, -0.15) is 5.26 Å². The summed E-state index contributed by atoms with van der Waals surface area (Å²) in [7, 11) is -1.70. The van der Waals surface area contributed by atoms with Gasteiger partial charge in [-0.1, -0.05) is 18.2 Å². The van der Waals surface area contributed by atoms with Gasteiger partial charge in [0.05, 0.1) is 36.3 Å². The third-order valence-corrected chi connectivity index (χ3v) is 6.27. The minimum absolute atomic E-state index is 0.0617. The average molecular weight is 400 g/mol. The van der Waals surface area contributed by atoms with Crippen LogP contribution in [0.15, 0.2) is 48.5 Å². The maximum Gasteiger partial charge on any atom is 0.265 e. The van der Waals surface area contributed by atoms with Crippen LogP contribution in [0.4, 0.5) is 5.69 Å². The van der Waals surface area contributed by atoms with E-state index < -0.39 is 15.9 Å². The molecule has 1 aliphatic heterocycles. The molecule has 1 saturated heterocycles. The van der Waals surface area contributed by atoms with Gasteiger partial charge in [0.2, 0.25) is 0 Å². The first-order chi connectivity index (χ1) is 13.4. The van der Waals surface area contributed by atoms with Gasteiger partial charge in [-0.25, -0.2) is 8.42 Å². The fourth-order valence-corrected chi connectivity index (χ4v) is 4.89. The standard InChI is InChI=1S/C20H20N2O5S/c1-26-19-11-15(12-21)7-8-18(19)27-13-20(23)22(16-5-3-2-4-6-16)17-9-10-28(24,25)14-17/h2-8,11,17H,9-10,13-14H2,1H3/t17-/m0/s1. The van der Waals surface area contributed by atoms with Crippen LogP contribution in [0.3, 0.4) is 0 Å².